The number of carboxylic acids is 1. The molecule has 1 saturated heterocycles. The summed E-state index contributed by atoms with van der Waals surface area (Å²) in [6.45, 7) is 4.42. The molecule has 1 aromatic heterocycles. The van der Waals surface area contributed by atoms with E-state index in [1.165, 1.54) is 6.92 Å². The fraction of sp³-hybridized carbons (Fsp3) is 0.500. The molecule has 1 aromatic rings. The molecule has 1 aliphatic heterocycles. The van der Waals surface area contributed by atoms with Gasteiger partial charge in [-0.25, -0.2) is 0 Å². The fourth-order valence-electron chi connectivity index (χ4n) is 2.32. The van der Waals surface area contributed by atoms with Gasteiger partial charge in [-0.2, -0.15) is 0 Å². The van der Waals surface area contributed by atoms with Crippen molar-refractivity contribution in [3.8, 4) is 0 Å². The summed E-state index contributed by atoms with van der Waals surface area (Å²) in [5.74, 6) is -1.01. The van der Waals surface area contributed by atoms with Crippen LogP contribution < -0.4 is 0 Å². The van der Waals surface area contributed by atoms with E-state index in [2.05, 4.69) is 4.98 Å². The van der Waals surface area contributed by atoms with Gasteiger partial charge in [0.2, 0.25) is 0 Å². The highest BCUT2D eigenvalue weighted by Gasteiger charge is 2.23. The van der Waals surface area contributed by atoms with Crippen LogP contribution in [0.15, 0.2) is 12.3 Å². The number of aromatic nitrogens is 1. The van der Waals surface area contributed by atoms with E-state index in [1.54, 1.807) is 17.2 Å². The van der Waals surface area contributed by atoms with Crippen LogP contribution in [0.1, 0.15) is 34.2 Å². The van der Waals surface area contributed by atoms with E-state index >= 15 is 0 Å². The van der Waals surface area contributed by atoms with Crippen LogP contribution in [0, 0.1) is 0 Å². The number of carbonyl (C=O) groups is 3. The number of amides is 1. The first-order valence-electron chi connectivity index (χ1n) is 6.90. The van der Waals surface area contributed by atoms with Crippen LogP contribution in [0.4, 0.5) is 0 Å². The molecule has 2 N–H and O–H groups in total. The Labute approximate surface area is 122 Å². The van der Waals surface area contributed by atoms with Crippen molar-refractivity contribution in [3.63, 3.8) is 0 Å². The molecule has 0 saturated carbocycles. The summed E-state index contributed by atoms with van der Waals surface area (Å²) in [6.07, 6.45) is 1.66. The van der Waals surface area contributed by atoms with Crippen molar-refractivity contribution < 1.29 is 19.5 Å². The second-order valence-corrected chi connectivity index (χ2v) is 5.14. The third-order valence-corrected chi connectivity index (χ3v) is 3.62. The van der Waals surface area contributed by atoms with Gasteiger partial charge in [0.15, 0.2) is 5.78 Å². The number of rotatable bonds is 5. The highest BCUT2D eigenvalue weighted by Crippen LogP contribution is 2.10. The molecule has 0 bridgehead atoms. The third-order valence-electron chi connectivity index (χ3n) is 3.62. The predicted molar refractivity (Wildman–Crippen MR) is 75.4 cm³/mol. The zero-order valence-electron chi connectivity index (χ0n) is 12.0. The number of nitrogens with one attached hydrogen (secondary N) is 1. The molecule has 0 atom stereocenters. The van der Waals surface area contributed by atoms with Crippen LogP contribution in [0.25, 0.3) is 0 Å². The molecule has 2 rings (SSSR count). The van der Waals surface area contributed by atoms with Gasteiger partial charge in [0.1, 0.15) is 5.69 Å². The van der Waals surface area contributed by atoms with Gasteiger partial charge < -0.3 is 15.0 Å². The Morgan fingerprint density at radius 3 is 2.43 bits per heavy atom. The monoisotopic (exact) mass is 293 g/mol. The third kappa shape index (κ3) is 3.91. The fourth-order valence-corrected chi connectivity index (χ4v) is 2.32. The quantitative estimate of drug-likeness (QED) is 0.769. The Morgan fingerprint density at radius 1 is 1.24 bits per heavy atom. The first kappa shape index (κ1) is 15.2. The molecule has 0 spiro atoms. The summed E-state index contributed by atoms with van der Waals surface area (Å²) in [5, 5.41) is 8.66. The van der Waals surface area contributed by atoms with E-state index in [-0.39, 0.29) is 18.1 Å². The molecular weight excluding hydrogens is 274 g/mol. The average Bonchev–Trinajstić information content (AvgIpc) is 2.95. The van der Waals surface area contributed by atoms with Crippen molar-refractivity contribution in [1.29, 1.82) is 0 Å². The minimum absolute atomic E-state index is 0.0798. The molecule has 1 amide bonds. The van der Waals surface area contributed by atoms with Crippen molar-refractivity contribution >= 4 is 17.7 Å². The summed E-state index contributed by atoms with van der Waals surface area (Å²) < 4.78 is 0. The van der Waals surface area contributed by atoms with Gasteiger partial charge >= 0.3 is 5.97 Å². The second-order valence-electron chi connectivity index (χ2n) is 5.14. The number of Topliss-reactive ketones (excluding diaryl/α,β-unsaturated/α-hetero) is 1. The number of piperazine rings is 1. The second kappa shape index (κ2) is 6.53. The van der Waals surface area contributed by atoms with Crippen molar-refractivity contribution in [2.45, 2.75) is 13.3 Å². The Kier molecular flexibility index (Phi) is 4.74. The molecule has 0 radical (unpaired) electrons. The molecule has 0 aliphatic carbocycles. The summed E-state index contributed by atoms with van der Waals surface area (Å²) in [4.78, 5) is 40.6. The number of carboxylic acid groups (broad SMARTS) is 1. The molecule has 1 fully saturated rings. The van der Waals surface area contributed by atoms with Crippen molar-refractivity contribution in [2.24, 2.45) is 0 Å². The van der Waals surface area contributed by atoms with E-state index in [9.17, 15) is 14.4 Å². The lowest BCUT2D eigenvalue weighted by atomic mass is 10.2. The zero-order chi connectivity index (χ0) is 15.4. The Bertz CT molecular complexity index is 544. The molecule has 2 heterocycles. The molecular formula is C14H19N3O4. The molecule has 7 nitrogen and oxygen atoms in total. The number of aliphatic carboxylic acids is 1. The van der Waals surface area contributed by atoms with Crippen LogP contribution in [0.2, 0.25) is 0 Å². The van der Waals surface area contributed by atoms with E-state index in [0.717, 1.165) is 0 Å². The number of aromatic amines is 1. The SMILES string of the molecule is CC(=O)c1c[nH]c(C(=O)N2CCN(CCC(=O)O)CC2)c1. The number of hydrogen-bond acceptors (Lipinski definition) is 4. The smallest absolute Gasteiger partial charge is 0.304 e. The van der Waals surface area contributed by atoms with Gasteiger partial charge in [-0.1, -0.05) is 0 Å². The molecule has 0 aromatic carbocycles. The Balaban J connectivity index is 1.87. The molecule has 21 heavy (non-hydrogen) atoms. The lowest BCUT2D eigenvalue weighted by Crippen LogP contribution is -2.49. The first-order chi connectivity index (χ1) is 9.97. The molecule has 114 valence electrons. The van der Waals surface area contributed by atoms with Crippen LogP contribution in [-0.4, -0.2) is 70.3 Å². The minimum atomic E-state index is -0.809. The molecule has 0 unspecified atom stereocenters. The van der Waals surface area contributed by atoms with Crippen LogP contribution in [0.5, 0.6) is 0 Å². The largest absolute Gasteiger partial charge is 0.481 e. The van der Waals surface area contributed by atoms with E-state index in [4.69, 9.17) is 5.11 Å². The van der Waals surface area contributed by atoms with Crippen molar-refractivity contribution in [2.75, 3.05) is 32.7 Å². The lowest BCUT2D eigenvalue weighted by molar-refractivity contribution is -0.137. The number of hydrogen-bond donors (Lipinski definition) is 2. The van der Waals surface area contributed by atoms with Gasteiger partial charge in [0.25, 0.3) is 5.91 Å². The van der Waals surface area contributed by atoms with Gasteiger partial charge in [0, 0.05) is 44.5 Å². The maximum Gasteiger partial charge on any atom is 0.304 e. The minimum Gasteiger partial charge on any atom is -0.481 e. The normalized spacial score (nSPS) is 16.0. The average molecular weight is 293 g/mol. The Hall–Kier alpha value is -2.15. The van der Waals surface area contributed by atoms with Gasteiger partial charge in [-0.05, 0) is 13.0 Å². The van der Waals surface area contributed by atoms with Crippen molar-refractivity contribution in [1.82, 2.24) is 14.8 Å². The maximum atomic E-state index is 12.3. The maximum absolute atomic E-state index is 12.3. The summed E-state index contributed by atoms with van der Waals surface area (Å²) in [5.41, 5.74) is 0.914. The molecule has 1 aliphatic rings. The van der Waals surface area contributed by atoms with Crippen LogP contribution >= 0.6 is 0 Å². The number of carbonyl (C=O) groups excluding carboxylic acids is 2. The zero-order valence-corrected chi connectivity index (χ0v) is 12.0. The van der Waals surface area contributed by atoms with Crippen LogP contribution in [0.3, 0.4) is 0 Å². The van der Waals surface area contributed by atoms with Gasteiger partial charge in [-0.15, -0.1) is 0 Å². The van der Waals surface area contributed by atoms with Crippen LogP contribution in [-0.2, 0) is 4.79 Å². The van der Waals surface area contributed by atoms with E-state index in [0.29, 0.717) is 44.0 Å². The Morgan fingerprint density at radius 2 is 1.90 bits per heavy atom. The topological polar surface area (TPSA) is 93.7 Å². The lowest BCUT2D eigenvalue weighted by Gasteiger charge is -2.34. The highest BCUT2D eigenvalue weighted by molar-refractivity contribution is 5.99. The predicted octanol–water partition coefficient (Wildman–Crippen LogP) is 0.450. The van der Waals surface area contributed by atoms with Gasteiger partial charge in [-0.3, -0.25) is 19.3 Å². The van der Waals surface area contributed by atoms with E-state index in [1.807, 2.05) is 4.90 Å². The van der Waals surface area contributed by atoms with Gasteiger partial charge in [0.05, 0.1) is 6.42 Å². The van der Waals surface area contributed by atoms with Crippen molar-refractivity contribution in [3.05, 3.63) is 23.5 Å². The first-order valence-corrected chi connectivity index (χ1v) is 6.90. The van der Waals surface area contributed by atoms with E-state index < -0.39 is 5.97 Å². The molecule has 7 heteroatoms. The number of ketones is 1. The number of H-pyrrole nitrogens is 1. The standard InChI is InChI=1S/C14H19N3O4/c1-10(18)11-8-12(15-9-11)14(21)17-6-4-16(5-7-17)3-2-13(19)20/h8-9,15H,2-7H2,1H3,(H,19,20). The summed E-state index contributed by atoms with van der Waals surface area (Å²) in [7, 11) is 0. The summed E-state index contributed by atoms with van der Waals surface area (Å²) >= 11 is 0. The highest BCUT2D eigenvalue weighted by atomic mass is 16.4. The number of nitrogens with zero attached hydrogens (tertiary/aromatic N) is 2. The summed E-state index contributed by atoms with van der Waals surface area (Å²) in [6, 6.07) is 1.57.